The summed E-state index contributed by atoms with van der Waals surface area (Å²) in [6.45, 7) is 8.95. The van der Waals surface area contributed by atoms with Gasteiger partial charge in [-0.3, -0.25) is 4.79 Å². The van der Waals surface area contributed by atoms with Gasteiger partial charge in [0.1, 0.15) is 5.75 Å². The zero-order chi connectivity index (χ0) is 21.8. The van der Waals surface area contributed by atoms with E-state index in [1.165, 1.54) is 5.56 Å². The molecule has 1 aliphatic rings. The quantitative estimate of drug-likeness (QED) is 0.633. The number of aryl methyl sites for hydroxylation is 2. The van der Waals surface area contributed by atoms with Crippen LogP contribution in [0.25, 0.3) is 11.3 Å². The minimum absolute atomic E-state index is 0.0153. The maximum Gasteiger partial charge on any atom is 0.260 e. The topological polar surface area (TPSA) is 58.6 Å². The van der Waals surface area contributed by atoms with E-state index < -0.39 is 0 Å². The summed E-state index contributed by atoms with van der Waals surface area (Å²) in [6, 6.07) is 18.1. The van der Waals surface area contributed by atoms with Gasteiger partial charge in [0, 0.05) is 31.7 Å². The van der Waals surface area contributed by atoms with E-state index in [0.717, 1.165) is 47.0 Å². The van der Waals surface area contributed by atoms with Crippen molar-refractivity contribution in [3.63, 3.8) is 0 Å². The van der Waals surface area contributed by atoms with Crippen molar-refractivity contribution in [3.8, 4) is 17.0 Å². The molecule has 0 atom stereocenters. The van der Waals surface area contributed by atoms with Gasteiger partial charge in [0.05, 0.1) is 5.69 Å². The van der Waals surface area contributed by atoms with Crippen molar-refractivity contribution in [1.29, 1.82) is 0 Å². The highest BCUT2D eigenvalue weighted by Crippen LogP contribution is 2.23. The summed E-state index contributed by atoms with van der Waals surface area (Å²) in [4.78, 5) is 16.6. The lowest BCUT2D eigenvalue weighted by Crippen LogP contribution is -2.50. The fraction of sp³-hybridized carbons (Fsp3) is 0.320. The molecule has 0 aliphatic carbocycles. The third-order valence-corrected chi connectivity index (χ3v) is 5.93. The Morgan fingerprint density at radius 3 is 2.32 bits per heavy atom. The molecule has 1 saturated heterocycles. The van der Waals surface area contributed by atoms with Crippen LogP contribution in [0.15, 0.2) is 54.6 Å². The average Bonchev–Trinajstić information content (AvgIpc) is 2.80. The molecular formula is C25H28N4O2. The molecular weight excluding hydrogens is 388 g/mol. The first-order chi connectivity index (χ1) is 15.0. The van der Waals surface area contributed by atoms with E-state index in [2.05, 4.69) is 34.2 Å². The second-order valence-corrected chi connectivity index (χ2v) is 7.95. The molecule has 1 amide bonds. The molecule has 0 bridgehead atoms. The van der Waals surface area contributed by atoms with Gasteiger partial charge in [-0.1, -0.05) is 36.4 Å². The first-order valence-corrected chi connectivity index (χ1v) is 10.6. The lowest BCUT2D eigenvalue weighted by molar-refractivity contribution is -0.133. The summed E-state index contributed by atoms with van der Waals surface area (Å²) >= 11 is 0. The second kappa shape index (κ2) is 9.16. The van der Waals surface area contributed by atoms with E-state index in [0.29, 0.717) is 13.1 Å². The number of hydrogen-bond donors (Lipinski definition) is 0. The third-order valence-electron chi connectivity index (χ3n) is 5.93. The first-order valence-electron chi connectivity index (χ1n) is 10.6. The molecule has 1 aliphatic heterocycles. The lowest BCUT2D eigenvalue weighted by atomic mass is 10.1. The lowest BCUT2D eigenvalue weighted by Gasteiger charge is -2.35. The number of hydrogen-bond acceptors (Lipinski definition) is 5. The molecule has 1 fully saturated rings. The summed E-state index contributed by atoms with van der Waals surface area (Å²) in [5, 5.41) is 8.86. The molecule has 6 heteroatoms. The van der Waals surface area contributed by atoms with Crippen LogP contribution in [-0.2, 0) is 4.79 Å². The summed E-state index contributed by atoms with van der Waals surface area (Å²) in [5.74, 6) is 1.63. The van der Waals surface area contributed by atoms with Crippen LogP contribution in [0.3, 0.4) is 0 Å². The first kappa shape index (κ1) is 20.8. The van der Waals surface area contributed by atoms with Gasteiger partial charge >= 0.3 is 0 Å². The zero-order valence-electron chi connectivity index (χ0n) is 18.3. The average molecular weight is 417 g/mol. The number of carbonyl (C=O) groups is 1. The second-order valence-electron chi connectivity index (χ2n) is 7.95. The Balaban J connectivity index is 1.31. The summed E-state index contributed by atoms with van der Waals surface area (Å²) in [6.07, 6.45) is 0. The van der Waals surface area contributed by atoms with Crippen molar-refractivity contribution < 1.29 is 9.53 Å². The van der Waals surface area contributed by atoms with Crippen LogP contribution in [-0.4, -0.2) is 53.8 Å². The predicted molar refractivity (Wildman–Crippen MR) is 122 cm³/mol. The zero-order valence-corrected chi connectivity index (χ0v) is 18.3. The molecule has 3 aromatic rings. The smallest absolute Gasteiger partial charge is 0.260 e. The third kappa shape index (κ3) is 4.68. The van der Waals surface area contributed by atoms with Crippen molar-refractivity contribution in [1.82, 2.24) is 15.1 Å². The van der Waals surface area contributed by atoms with Crippen molar-refractivity contribution in [2.24, 2.45) is 0 Å². The molecule has 31 heavy (non-hydrogen) atoms. The molecule has 160 valence electrons. The Kier molecular flexibility index (Phi) is 6.16. The number of amides is 1. The molecule has 1 aromatic heterocycles. The molecule has 0 N–H and O–H groups in total. The number of anilines is 1. The van der Waals surface area contributed by atoms with E-state index in [4.69, 9.17) is 4.74 Å². The number of ether oxygens (including phenoxy) is 1. The molecule has 0 radical (unpaired) electrons. The van der Waals surface area contributed by atoms with Crippen molar-refractivity contribution in [3.05, 3.63) is 71.3 Å². The van der Waals surface area contributed by atoms with Gasteiger partial charge in [-0.25, -0.2) is 0 Å². The van der Waals surface area contributed by atoms with Gasteiger partial charge in [0.2, 0.25) is 0 Å². The Morgan fingerprint density at radius 1 is 0.871 bits per heavy atom. The summed E-state index contributed by atoms with van der Waals surface area (Å²) in [5.41, 5.74) is 5.39. The minimum atomic E-state index is 0.0153. The molecule has 4 rings (SSSR count). The number of benzene rings is 2. The monoisotopic (exact) mass is 416 g/mol. The largest absolute Gasteiger partial charge is 0.483 e. The Bertz CT molecular complexity index is 1060. The SMILES string of the molecule is Cc1ccccc1-c1ccc(N2CCN(C(=O)COc3cccc(C)c3C)CC2)nn1. The highest BCUT2D eigenvalue weighted by atomic mass is 16.5. The van der Waals surface area contributed by atoms with Crippen LogP contribution in [0.2, 0.25) is 0 Å². The van der Waals surface area contributed by atoms with Gasteiger partial charge in [-0.2, -0.15) is 0 Å². The van der Waals surface area contributed by atoms with Crippen LogP contribution >= 0.6 is 0 Å². The number of carbonyl (C=O) groups excluding carboxylic acids is 1. The Hall–Kier alpha value is -3.41. The van der Waals surface area contributed by atoms with Gasteiger partial charge < -0.3 is 14.5 Å². The van der Waals surface area contributed by atoms with Crippen LogP contribution in [0.5, 0.6) is 5.75 Å². The molecule has 0 spiro atoms. The standard InChI is InChI=1S/C25H28N4O2/c1-18-8-6-10-23(20(18)3)31-17-25(30)29-15-13-28(14-16-29)24-12-11-22(26-27-24)21-9-5-4-7-19(21)2/h4-12H,13-17H2,1-3H3. The van der Waals surface area contributed by atoms with E-state index in [1.54, 1.807) is 0 Å². The van der Waals surface area contributed by atoms with Crippen LogP contribution in [0.1, 0.15) is 16.7 Å². The fourth-order valence-electron chi connectivity index (χ4n) is 3.79. The van der Waals surface area contributed by atoms with Gasteiger partial charge in [-0.15, -0.1) is 10.2 Å². The van der Waals surface area contributed by atoms with Crippen LogP contribution in [0, 0.1) is 20.8 Å². The summed E-state index contributed by atoms with van der Waals surface area (Å²) < 4.78 is 5.78. The molecule has 0 saturated carbocycles. The van der Waals surface area contributed by atoms with E-state index in [9.17, 15) is 4.79 Å². The number of aromatic nitrogens is 2. The van der Waals surface area contributed by atoms with E-state index in [1.807, 2.05) is 61.2 Å². The molecule has 0 unspecified atom stereocenters. The highest BCUT2D eigenvalue weighted by Gasteiger charge is 2.22. The van der Waals surface area contributed by atoms with Gasteiger partial charge in [0.25, 0.3) is 5.91 Å². The highest BCUT2D eigenvalue weighted by molar-refractivity contribution is 5.78. The minimum Gasteiger partial charge on any atom is -0.483 e. The van der Waals surface area contributed by atoms with Crippen molar-refractivity contribution in [2.75, 3.05) is 37.7 Å². The maximum atomic E-state index is 12.6. The molecule has 2 heterocycles. The molecule has 2 aromatic carbocycles. The van der Waals surface area contributed by atoms with Crippen LogP contribution < -0.4 is 9.64 Å². The number of rotatable bonds is 5. The number of piperazine rings is 1. The number of nitrogens with zero attached hydrogens (tertiary/aromatic N) is 4. The van der Waals surface area contributed by atoms with E-state index in [-0.39, 0.29) is 12.5 Å². The molecule has 6 nitrogen and oxygen atoms in total. The summed E-state index contributed by atoms with van der Waals surface area (Å²) in [7, 11) is 0. The van der Waals surface area contributed by atoms with Gasteiger partial charge in [-0.05, 0) is 55.7 Å². The Labute approximate surface area is 183 Å². The Morgan fingerprint density at radius 2 is 1.61 bits per heavy atom. The van der Waals surface area contributed by atoms with Crippen molar-refractivity contribution in [2.45, 2.75) is 20.8 Å². The van der Waals surface area contributed by atoms with Crippen molar-refractivity contribution >= 4 is 11.7 Å². The maximum absolute atomic E-state index is 12.6. The van der Waals surface area contributed by atoms with E-state index >= 15 is 0 Å². The fourth-order valence-corrected chi connectivity index (χ4v) is 3.79. The van der Waals surface area contributed by atoms with Crippen LogP contribution in [0.4, 0.5) is 5.82 Å². The van der Waals surface area contributed by atoms with Gasteiger partial charge in [0.15, 0.2) is 12.4 Å². The normalized spacial score (nSPS) is 13.9. The predicted octanol–water partition coefficient (Wildman–Crippen LogP) is 3.80.